The van der Waals surface area contributed by atoms with Crippen molar-refractivity contribution >= 4 is 0 Å². The van der Waals surface area contributed by atoms with Crippen molar-refractivity contribution in [2.24, 2.45) is 10.8 Å². The second kappa shape index (κ2) is 1.67. The van der Waals surface area contributed by atoms with E-state index in [0.717, 1.165) is 5.41 Å². The molecule has 0 atom stereocenters. The van der Waals surface area contributed by atoms with Crippen LogP contribution in [0.1, 0.15) is 44.9 Å². The number of rotatable bonds is 2. The van der Waals surface area contributed by atoms with Crippen molar-refractivity contribution < 1.29 is 0 Å². The van der Waals surface area contributed by atoms with E-state index in [1.54, 1.807) is 0 Å². The quantitative estimate of drug-likeness (QED) is 0.564. The second-order valence-electron chi connectivity index (χ2n) is 4.79. The fourth-order valence-corrected chi connectivity index (χ4v) is 2.99. The van der Waals surface area contributed by atoms with Crippen LogP contribution in [0, 0.1) is 23.7 Å². The van der Waals surface area contributed by atoms with Crippen LogP contribution in [0.2, 0.25) is 0 Å². The summed E-state index contributed by atoms with van der Waals surface area (Å²) in [7, 11) is 0. The Morgan fingerprint density at radius 3 is 2.09 bits per heavy atom. The maximum atomic E-state index is 4.10. The van der Waals surface area contributed by atoms with Gasteiger partial charge in [-0.15, -0.1) is 0 Å². The molecule has 1 spiro atoms. The first-order chi connectivity index (χ1) is 5.31. The Hall–Kier alpha value is 0. The first kappa shape index (κ1) is 6.51. The minimum absolute atomic E-state index is 0.689. The molecule has 0 heteroatoms. The molecule has 0 amide bonds. The zero-order chi connectivity index (χ0) is 7.53. The average molecular weight is 148 g/mol. The topological polar surface area (TPSA) is 0 Å². The lowest BCUT2D eigenvalue weighted by molar-refractivity contribution is 0.244. The van der Waals surface area contributed by atoms with E-state index >= 15 is 0 Å². The highest BCUT2D eigenvalue weighted by atomic mass is 14.7. The molecule has 3 aliphatic rings. The van der Waals surface area contributed by atoms with Crippen molar-refractivity contribution in [3.05, 3.63) is 12.8 Å². The number of hydrogen-bond donors (Lipinski definition) is 0. The Morgan fingerprint density at radius 2 is 1.82 bits per heavy atom. The molecule has 0 aromatic carbocycles. The molecule has 11 heavy (non-hydrogen) atoms. The van der Waals surface area contributed by atoms with Gasteiger partial charge in [-0.2, -0.15) is 0 Å². The third kappa shape index (κ3) is 0.666. The fraction of sp³-hybridized carbons (Fsp3) is 0.818. The van der Waals surface area contributed by atoms with Gasteiger partial charge < -0.3 is 0 Å². The molecular weight excluding hydrogens is 132 g/mol. The summed E-state index contributed by atoms with van der Waals surface area (Å²) in [5.74, 6) is 1.94. The normalized spacial score (nSPS) is 36.8. The average Bonchev–Trinajstić information content (AvgIpc) is 2.83. The lowest BCUT2D eigenvalue weighted by Crippen LogP contribution is -2.32. The second-order valence-corrected chi connectivity index (χ2v) is 4.79. The molecule has 0 bridgehead atoms. The van der Waals surface area contributed by atoms with Gasteiger partial charge in [-0.1, -0.05) is 6.92 Å². The summed E-state index contributed by atoms with van der Waals surface area (Å²) in [6.45, 7) is 4.10. The van der Waals surface area contributed by atoms with Crippen LogP contribution in [0.25, 0.3) is 0 Å². The monoisotopic (exact) mass is 148 g/mol. The third-order valence-corrected chi connectivity index (χ3v) is 4.32. The zero-order valence-electron chi connectivity index (χ0n) is 7.16. The molecule has 0 aliphatic heterocycles. The highest BCUT2D eigenvalue weighted by molar-refractivity contribution is 5.33. The van der Waals surface area contributed by atoms with Gasteiger partial charge in [0.15, 0.2) is 0 Å². The summed E-state index contributed by atoms with van der Waals surface area (Å²) in [5.41, 5.74) is 1.50. The predicted molar refractivity (Wildman–Crippen MR) is 45.8 cm³/mol. The van der Waals surface area contributed by atoms with Gasteiger partial charge in [-0.05, 0) is 61.7 Å². The minimum Gasteiger partial charge on any atom is -0.0527 e. The van der Waals surface area contributed by atoms with Crippen molar-refractivity contribution in [3.8, 4) is 0 Å². The summed E-state index contributed by atoms with van der Waals surface area (Å²) in [4.78, 5) is 0. The molecule has 0 nitrogen and oxygen atoms in total. The zero-order valence-corrected chi connectivity index (χ0v) is 7.16. The van der Waals surface area contributed by atoms with Gasteiger partial charge in [0, 0.05) is 0 Å². The predicted octanol–water partition coefficient (Wildman–Crippen LogP) is 3.14. The minimum atomic E-state index is 0.689. The molecule has 0 heterocycles. The van der Waals surface area contributed by atoms with Gasteiger partial charge in [0.25, 0.3) is 0 Å². The van der Waals surface area contributed by atoms with E-state index in [1.807, 2.05) is 5.92 Å². The van der Waals surface area contributed by atoms with E-state index in [1.165, 1.54) is 44.9 Å². The Kier molecular flexibility index (Phi) is 0.990. The first-order valence-corrected chi connectivity index (χ1v) is 4.97. The Bertz CT molecular complexity index is 184. The largest absolute Gasteiger partial charge is 0.0527 e. The molecule has 3 saturated carbocycles. The summed E-state index contributed by atoms with van der Waals surface area (Å²) >= 11 is 0. The molecule has 3 aliphatic carbocycles. The van der Waals surface area contributed by atoms with Gasteiger partial charge in [0.2, 0.25) is 0 Å². The van der Waals surface area contributed by atoms with Crippen molar-refractivity contribution in [2.45, 2.75) is 44.9 Å². The highest BCUT2D eigenvalue weighted by Crippen LogP contribution is 2.76. The molecule has 0 saturated heterocycles. The lowest BCUT2D eigenvalue weighted by Gasteiger charge is -2.42. The summed E-state index contributed by atoms with van der Waals surface area (Å²) in [5, 5.41) is 0. The van der Waals surface area contributed by atoms with Crippen LogP contribution < -0.4 is 0 Å². The van der Waals surface area contributed by atoms with Gasteiger partial charge in [0.1, 0.15) is 0 Å². The van der Waals surface area contributed by atoms with Gasteiger partial charge in [0.05, 0.1) is 0 Å². The molecule has 60 valence electrons. The van der Waals surface area contributed by atoms with E-state index in [0.29, 0.717) is 5.41 Å². The van der Waals surface area contributed by atoms with Crippen molar-refractivity contribution in [2.75, 3.05) is 0 Å². The molecule has 0 aromatic rings. The van der Waals surface area contributed by atoms with Crippen LogP contribution in [0.3, 0.4) is 0 Å². The van der Waals surface area contributed by atoms with Crippen LogP contribution in [0.5, 0.6) is 0 Å². The van der Waals surface area contributed by atoms with E-state index in [9.17, 15) is 0 Å². The Labute approximate surface area is 69.4 Å². The van der Waals surface area contributed by atoms with E-state index in [-0.39, 0.29) is 0 Å². The van der Waals surface area contributed by atoms with Gasteiger partial charge >= 0.3 is 0 Å². The van der Waals surface area contributed by atoms with E-state index in [2.05, 4.69) is 6.92 Å². The molecule has 0 aromatic heterocycles. The van der Waals surface area contributed by atoms with Crippen LogP contribution in [0.4, 0.5) is 0 Å². The molecule has 2 radical (unpaired) electrons. The maximum Gasteiger partial charge on any atom is -0.0117 e. The fourth-order valence-electron chi connectivity index (χ4n) is 2.99. The molecule has 3 rings (SSSR count). The summed E-state index contributed by atoms with van der Waals surface area (Å²) in [6, 6.07) is 0. The van der Waals surface area contributed by atoms with Crippen molar-refractivity contribution in [1.29, 1.82) is 0 Å². The molecule has 0 unspecified atom stereocenters. The third-order valence-electron chi connectivity index (χ3n) is 4.32. The Morgan fingerprint density at radius 1 is 1.09 bits per heavy atom. The smallest absolute Gasteiger partial charge is 0.0117 e. The summed E-state index contributed by atoms with van der Waals surface area (Å²) in [6.07, 6.45) is 10.1. The molecule has 0 N–H and O–H groups in total. The number of hydrogen-bond acceptors (Lipinski definition) is 0. The maximum absolute atomic E-state index is 4.10. The van der Waals surface area contributed by atoms with Crippen molar-refractivity contribution in [3.63, 3.8) is 0 Å². The van der Waals surface area contributed by atoms with Crippen molar-refractivity contribution in [1.82, 2.24) is 0 Å². The van der Waals surface area contributed by atoms with Crippen LogP contribution in [0.15, 0.2) is 0 Å². The van der Waals surface area contributed by atoms with Gasteiger partial charge in [-0.3, -0.25) is 0 Å². The van der Waals surface area contributed by atoms with Crippen LogP contribution in [-0.2, 0) is 0 Å². The van der Waals surface area contributed by atoms with Crippen LogP contribution >= 0.6 is 0 Å². The highest BCUT2D eigenvalue weighted by Gasteiger charge is 2.65. The molecular formula is C11H16. The summed E-state index contributed by atoms with van der Waals surface area (Å²) < 4.78 is 0. The van der Waals surface area contributed by atoms with Gasteiger partial charge in [-0.25, -0.2) is 0 Å². The lowest BCUT2D eigenvalue weighted by atomic mass is 9.62. The first-order valence-electron chi connectivity index (χ1n) is 4.97. The Balaban J connectivity index is 1.79. The van der Waals surface area contributed by atoms with Crippen LogP contribution in [-0.4, -0.2) is 0 Å². The van der Waals surface area contributed by atoms with E-state index < -0.39 is 0 Å². The van der Waals surface area contributed by atoms with E-state index in [4.69, 9.17) is 0 Å². The standard InChI is InChI=1S/C11H16/c1-2-10(5-6-10)9-3-4-11(9)7-8-11/h1-8H2. The SMILES string of the molecule is [CH2]CC1([C]2CCC23CC3)CC1. The molecule has 3 fully saturated rings.